The van der Waals surface area contributed by atoms with Crippen molar-refractivity contribution in [2.24, 2.45) is 0 Å². The van der Waals surface area contributed by atoms with Gasteiger partial charge >= 0.3 is 5.97 Å². The fourth-order valence-corrected chi connectivity index (χ4v) is 1.94. The molecule has 20 heavy (non-hydrogen) atoms. The molecule has 1 aromatic heterocycles. The van der Waals surface area contributed by atoms with Crippen LogP contribution in [-0.4, -0.2) is 16.1 Å². The van der Waals surface area contributed by atoms with E-state index in [9.17, 15) is 9.18 Å². The largest absolute Gasteiger partial charge is 0.478 e. The summed E-state index contributed by atoms with van der Waals surface area (Å²) in [6, 6.07) is 7.34. The average molecular weight is 295 g/mol. The van der Waals surface area contributed by atoms with Crippen molar-refractivity contribution in [2.45, 2.75) is 13.0 Å². The van der Waals surface area contributed by atoms with Crippen molar-refractivity contribution in [1.29, 1.82) is 0 Å². The number of aromatic carboxylic acids is 1. The third-order valence-electron chi connectivity index (χ3n) is 2.77. The number of hydrogen-bond acceptors (Lipinski definition) is 3. The molecule has 0 bridgehead atoms. The van der Waals surface area contributed by atoms with Crippen molar-refractivity contribution in [1.82, 2.24) is 4.98 Å². The summed E-state index contributed by atoms with van der Waals surface area (Å²) in [5.41, 5.74) is 1.28. The summed E-state index contributed by atoms with van der Waals surface area (Å²) in [4.78, 5) is 15.0. The number of carboxylic acid groups (broad SMARTS) is 1. The number of nitrogens with one attached hydrogen (secondary N) is 1. The van der Waals surface area contributed by atoms with Gasteiger partial charge in [-0.25, -0.2) is 9.18 Å². The van der Waals surface area contributed by atoms with Crippen LogP contribution in [0.2, 0.25) is 5.02 Å². The van der Waals surface area contributed by atoms with Gasteiger partial charge in [0.05, 0.1) is 28.5 Å². The zero-order valence-electron chi connectivity index (χ0n) is 10.6. The van der Waals surface area contributed by atoms with Gasteiger partial charge in [-0.3, -0.25) is 4.98 Å². The van der Waals surface area contributed by atoms with Gasteiger partial charge in [0.1, 0.15) is 5.82 Å². The summed E-state index contributed by atoms with van der Waals surface area (Å²) in [5, 5.41) is 12.3. The first kappa shape index (κ1) is 14.3. The number of carboxylic acids is 1. The number of halogens is 2. The van der Waals surface area contributed by atoms with Crippen molar-refractivity contribution < 1.29 is 14.3 Å². The van der Waals surface area contributed by atoms with Crippen LogP contribution >= 0.6 is 11.6 Å². The van der Waals surface area contributed by atoms with Gasteiger partial charge in [-0.05, 0) is 37.3 Å². The van der Waals surface area contributed by atoms with E-state index in [0.717, 1.165) is 6.20 Å². The maximum absolute atomic E-state index is 12.8. The molecule has 0 spiro atoms. The third kappa shape index (κ3) is 3.24. The second-order valence-electron chi connectivity index (χ2n) is 4.27. The molecular formula is C14H12ClFN2O2. The molecule has 0 saturated carbocycles. The average Bonchev–Trinajstić information content (AvgIpc) is 2.41. The van der Waals surface area contributed by atoms with Gasteiger partial charge in [-0.1, -0.05) is 11.6 Å². The van der Waals surface area contributed by atoms with E-state index in [1.54, 1.807) is 12.1 Å². The molecule has 0 amide bonds. The Morgan fingerprint density at radius 3 is 2.75 bits per heavy atom. The van der Waals surface area contributed by atoms with Crippen molar-refractivity contribution in [3.63, 3.8) is 0 Å². The molecule has 1 aromatic carbocycles. The maximum Gasteiger partial charge on any atom is 0.337 e. The molecule has 0 aliphatic carbocycles. The molecule has 0 aliphatic rings. The molecule has 2 rings (SSSR count). The van der Waals surface area contributed by atoms with Gasteiger partial charge in [0, 0.05) is 5.69 Å². The van der Waals surface area contributed by atoms with Crippen molar-refractivity contribution in [3.8, 4) is 0 Å². The summed E-state index contributed by atoms with van der Waals surface area (Å²) in [6.07, 6.45) is 1.14. The van der Waals surface area contributed by atoms with Gasteiger partial charge in [0.2, 0.25) is 0 Å². The Morgan fingerprint density at radius 2 is 2.15 bits per heavy atom. The Hall–Kier alpha value is -2.14. The summed E-state index contributed by atoms with van der Waals surface area (Å²) in [5.74, 6) is -1.49. The molecule has 0 radical (unpaired) electrons. The van der Waals surface area contributed by atoms with Gasteiger partial charge in [-0.2, -0.15) is 0 Å². The number of anilines is 1. The van der Waals surface area contributed by atoms with E-state index in [1.807, 2.05) is 6.92 Å². The molecule has 1 atom stereocenters. The highest BCUT2D eigenvalue weighted by molar-refractivity contribution is 6.33. The summed E-state index contributed by atoms with van der Waals surface area (Å²) >= 11 is 5.80. The minimum atomic E-state index is -1.09. The molecule has 1 heterocycles. The Balaban J connectivity index is 2.19. The van der Waals surface area contributed by atoms with E-state index in [2.05, 4.69) is 10.3 Å². The van der Waals surface area contributed by atoms with E-state index < -0.39 is 11.8 Å². The maximum atomic E-state index is 12.8. The molecule has 2 N–H and O–H groups in total. The smallest absolute Gasteiger partial charge is 0.337 e. The fraction of sp³-hybridized carbons (Fsp3) is 0.143. The monoisotopic (exact) mass is 294 g/mol. The van der Waals surface area contributed by atoms with Gasteiger partial charge in [0.25, 0.3) is 0 Å². The third-order valence-corrected chi connectivity index (χ3v) is 3.10. The summed E-state index contributed by atoms with van der Waals surface area (Å²) in [6.45, 7) is 1.84. The first-order chi connectivity index (χ1) is 9.47. The minimum Gasteiger partial charge on any atom is -0.478 e. The van der Waals surface area contributed by atoms with Crippen molar-refractivity contribution in [3.05, 3.63) is 58.6 Å². The Labute approximate surface area is 120 Å². The molecule has 4 nitrogen and oxygen atoms in total. The van der Waals surface area contributed by atoms with Crippen molar-refractivity contribution >= 4 is 23.3 Å². The molecular weight excluding hydrogens is 283 g/mol. The van der Waals surface area contributed by atoms with Crippen LogP contribution in [0, 0.1) is 5.82 Å². The number of carbonyl (C=O) groups is 1. The van der Waals surface area contributed by atoms with Crippen LogP contribution < -0.4 is 5.32 Å². The van der Waals surface area contributed by atoms with Crippen LogP contribution in [0.15, 0.2) is 36.5 Å². The molecule has 0 saturated heterocycles. The highest BCUT2D eigenvalue weighted by Gasteiger charge is 2.12. The first-order valence-corrected chi connectivity index (χ1v) is 6.26. The zero-order chi connectivity index (χ0) is 14.7. The molecule has 104 valence electrons. The SMILES string of the molecule is CC(Nc1ccc(Cl)c(C(=O)O)c1)c1ccc(F)cn1. The Bertz CT molecular complexity index is 632. The number of rotatable bonds is 4. The lowest BCUT2D eigenvalue weighted by Crippen LogP contribution is -2.09. The molecule has 6 heteroatoms. The number of nitrogens with zero attached hydrogens (tertiary/aromatic N) is 1. The van der Waals surface area contributed by atoms with Gasteiger partial charge < -0.3 is 10.4 Å². The highest BCUT2D eigenvalue weighted by Crippen LogP contribution is 2.23. The predicted molar refractivity (Wildman–Crippen MR) is 74.6 cm³/mol. The number of hydrogen-bond donors (Lipinski definition) is 2. The van der Waals surface area contributed by atoms with Crippen LogP contribution in [0.3, 0.4) is 0 Å². The summed E-state index contributed by atoms with van der Waals surface area (Å²) in [7, 11) is 0. The van der Waals surface area contributed by atoms with E-state index in [-0.39, 0.29) is 16.6 Å². The van der Waals surface area contributed by atoms with Gasteiger partial charge in [0.15, 0.2) is 0 Å². The lowest BCUT2D eigenvalue weighted by Gasteiger charge is -2.15. The number of benzene rings is 1. The first-order valence-electron chi connectivity index (χ1n) is 5.88. The standard InChI is InChI=1S/C14H12ClFN2O2/c1-8(13-5-2-9(16)7-17-13)18-10-3-4-12(15)11(6-10)14(19)20/h2-8,18H,1H3,(H,19,20). The number of pyridine rings is 1. The van der Waals surface area contributed by atoms with Gasteiger partial charge in [-0.15, -0.1) is 0 Å². The van der Waals surface area contributed by atoms with Crippen LogP contribution in [0.25, 0.3) is 0 Å². The summed E-state index contributed by atoms with van der Waals surface area (Å²) < 4.78 is 12.8. The molecule has 0 fully saturated rings. The van der Waals surface area contributed by atoms with E-state index in [4.69, 9.17) is 16.7 Å². The molecule has 1 unspecified atom stereocenters. The quantitative estimate of drug-likeness (QED) is 0.901. The lowest BCUT2D eigenvalue weighted by molar-refractivity contribution is 0.0697. The van der Waals surface area contributed by atoms with Crippen LogP contribution in [0.5, 0.6) is 0 Å². The highest BCUT2D eigenvalue weighted by atomic mass is 35.5. The molecule has 2 aromatic rings. The van der Waals surface area contributed by atoms with E-state index in [0.29, 0.717) is 11.4 Å². The fourth-order valence-electron chi connectivity index (χ4n) is 1.75. The number of aromatic nitrogens is 1. The second-order valence-corrected chi connectivity index (χ2v) is 4.67. The normalized spacial score (nSPS) is 11.9. The Morgan fingerprint density at radius 1 is 1.40 bits per heavy atom. The Kier molecular flexibility index (Phi) is 4.20. The van der Waals surface area contributed by atoms with E-state index >= 15 is 0 Å². The zero-order valence-corrected chi connectivity index (χ0v) is 11.4. The minimum absolute atomic E-state index is 0.0240. The van der Waals surface area contributed by atoms with Crippen LogP contribution in [-0.2, 0) is 0 Å². The molecule has 0 aliphatic heterocycles. The van der Waals surface area contributed by atoms with Crippen molar-refractivity contribution in [2.75, 3.05) is 5.32 Å². The van der Waals surface area contributed by atoms with Crippen LogP contribution in [0.1, 0.15) is 29.0 Å². The van der Waals surface area contributed by atoms with Crippen LogP contribution in [0.4, 0.5) is 10.1 Å². The lowest BCUT2D eigenvalue weighted by atomic mass is 10.1. The topological polar surface area (TPSA) is 62.2 Å². The predicted octanol–water partition coefficient (Wildman–Crippen LogP) is 3.75. The second kappa shape index (κ2) is 5.88. The van der Waals surface area contributed by atoms with E-state index in [1.165, 1.54) is 18.2 Å².